The molecule has 0 aromatic heterocycles. The van der Waals surface area contributed by atoms with E-state index in [0.717, 1.165) is 16.7 Å². The second-order valence-electron chi connectivity index (χ2n) is 5.65. The lowest BCUT2D eigenvalue weighted by atomic mass is 9.98. The minimum absolute atomic E-state index is 0.0864. The van der Waals surface area contributed by atoms with Crippen LogP contribution in [-0.2, 0) is 16.0 Å². The number of carbonyl (C=O) groups excluding carboxylic acids is 1. The highest BCUT2D eigenvalue weighted by Gasteiger charge is 2.20. The van der Waals surface area contributed by atoms with Crippen LogP contribution in [0.4, 0.5) is 0 Å². The molecule has 23 heavy (non-hydrogen) atoms. The van der Waals surface area contributed by atoms with Crippen LogP contribution in [0.25, 0.3) is 0 Å². The molecular weight excluding hydrogens is 290 g/mol. The summed E-state index contributed by atoms with van der Waals surface area (Å²) >= 11 is 0. The van der Waals surface area contributed by atoms with Gasteiger partial charge in [-0.25, -0.2) is 0 Å². The Balaban J connectivity index is 2.01. The SMILES string of the molecule is Cc1cccc(C)c1CC(=O)NCC(C(=O)O)c1ccccc1. The number of carboxylic acids is 1. The summed E-state index contributed by atoms with van der Waals surface area (Å²) in [4.78, 5) is 23.6. The van der Waals surface area contributed by atoms with E-state index < -0.39 is 11.9 Å². The Morgan fingerprint density at radius 1 is 1.00 bits per heavy atom. The third-order valence-corrected chi connectivity index (χ3v) is 3.99. The number of aryl methyl sites for hydroxylation is 2. The largest absolute Gasteiger partial charge is 0.481 e. The molecule has 0 fully saturated rings. The third-order valence-electron chi connectivity index (χ3n) is 3.99. The molecule has 1 amide bonds. The molecule has 2 aromatic carbocycles. The quantitative estimate of drug-likeness (QED) is 0.862. The Kier molecular flexibility index (Phi) is 5.52. The lowest BCUT2D eigenvalue weighted by Crippen LogP contribution is -2.33. The van der Waals surface area contributed by atoms with Crippen molar-refractivity contribution in [3.63, 3.8) is 0 Å². The number of benzene rings is 2. The molecule has 1 unspecified atom stereocenters. The lowest BCUT2D eigenvalue weighted by Gasteiger charge is -2.15. The van der Waals surface area contributed by atoms with Crippen LogP contribution in [0.2, 0.25) is 0 Å². The monoisotopic (exact) mass is 311 g/mol. The minimum Gasteiger partial charge on any atom is -0.481 e. The summed E-state index contributed by atoms with van der Waals surface area (Å²) in [5.41, 5.74) is 3.82. The maximum atomic E-state index is 12.2. The van der Waals surface area contributed by atoms with Crippen molar-refractivity contribution in [2.24, 2.45) is 0 Å². The van der Waals surface area contributed by atoms with E-state index in [0.29, 0.717) is 5.56 Å². The van der Waals surface area contributed by atoms with Gasteiger partial charge in [0.15, 0.2) is 0 Å². The first kappa shape index (κ1) is 16.7. The zero-order valence-corrected chi connectivity index (χ0v) is 13.4. The van der Waals surface area contributed by atoms with Crippen molar-refractivity contribution < 1.29 is 14.7 Å². The maximum absolute atomic E-state index is 12.2. The normalized spacial score (nSPS) is 11.7. The first-order valence-electron chi connectivity index (χ1n) is 7.58. The highest BCUT2D eigenvalue weighted by Crippen LogP contribution is 2.16. The van der Waals surface area contributed by atoms with E-state index in [-0.39, 0.29) is 18.9 Å². The van der Waals surface area contributed by atoms with Crippen LogP contribution < -0.4 is 5.32 Å². The topological polar surface area (TPSA) is 66.4 Å². The van der Waals surface area contributed by atoms with Gasteiger partial charge >= 0.3 is 5.97 Å². The summed E-state index contributed by atoms with van der Waals surface area (Å²) in [5, 5.41) is 12.1. The fourth-order valence-electron chi connectivity index (χ4n) is 2.60. The second kappa shape index (κ2) is 7.58. The molecule has 0 aliphatic heterocycles. The summed E-state index contributed by atoms with van der Waals surface area (Å²) in [6, 6.07) is 14.9. The van der Waals surface area contributed by atoms with Crippen molar-refractivity contribution >= 4 is 11.9 Å². The zero-order chi connectivity index (χ0) is 16.8. The van der Waals surface area contributed by atoms with Crippen molar-refractivity contribution in [2.45, 2.75) is 26.2 Å². The lowest BCUT2D eigenvalue weighted by molar-refractivity contribution is -0.138. The number of aliphatic carboxylic acids is 1. The van der Waals surface area contributed by atoms with Gasteiger partial charge in [-0.15, -0.1) is 0 Å². The first-order chi connectivity index (χ1) is 11.0. The average Bonchev–Trinajstić information content (AvgIpc) is 2.52. The smallest absolute Gasteiger partial charge is 0.312 e. The number of hydrogen-bond donors (Lipinski definition) is 2. The Morgan fingerprint density at radius 2 is 1.61 bits per heavy atom. The predicted molar refractivity (Wildman–Crippen MR) is 89.4 cm³/mol. The van der Waals surface area contributed by atoms with E-state index in [2.05, 4.69) is 5.32 Å². The van der Waals surface area contributed by atoms with Gasteiger partial charge in [0.05, 0.1) is 12.3 Å². The molecule has 1 atom stereocenters. The number of rotatable bonds is 6. The van der Waals surface area contributed by atoms with E-state index in [1.165, 1.54) is 0 Å². The highest BCUT2D eigenvalue weighted by molar-refractivity contribution is 5.81. The van der Waals surface area contributed by atoms with Crippen LogP contribution in [0.1, 0.15) is 28.2 Å². The van der Waals surface area contributed by atoms with Gasteiger partial charge in [0.25, 0.3) is 0 Å². The summed E-state index contributed by atoms with van der Waals surface area (Å²) < 4.78 is 0. The van der Waals surface area contributed by atoms with Gasteiger partial charge in [0, 0.05) is 6.54 Å². The number of carbonyl (C=O) groups is 2. The fraction of sp³-hybridized carbons (Fsp3) is 0.263. The molecule has 4 heteroatoms. The summed E-state index contributed by atoms with van der Waals surface area (Å²) in [6.07, 6.45) is 0.264. The van der Waals surface area contributed by atoms with Gasteiger partial charge in [0.1, 0.15) is 0 Å². The van der Waals surface area contributed by atoms with Crippen molar-refractivity contribution in [1.82, 2.24) is 5.32 Å². The molecule has 2 aromatic rings. The van der Waals surface area contributed by atoms with Crippen molar-refractivity contribution in [2.75, 3.05) is 6.54 Å². The fourth-order valence-corrected chi connectivity index (χ4v) is 2.60. The number of amides is 1. The van der Waals surface area contributed by atoms with Crippen LogP contribution in [-0.4, -0.2) is 23.5 Å². The Morgan fingerprint density at radius 3 is 2.17 bits per heavy atom. The van der Waals surface area contributed by atoms with Gasteiger partial charge < -0.3 is 10.4 Å². The summed E-state index contributed by atoms with van der Waals surface area (Å²) in [5.74, 6) is -1.84. The number of carboxylic acid groups (broad SMARTS) is 1. The van der Waals surface area contributed by atoms with Gasteiger partial charge in [-0.1, -0.05) is 48.5 Å². The van der Waals surface area contributed by atoms with Crippen LogP contribution >= 0.6 is 0 Å². The molecular formula is C19H21NO3. The maximum Gasteiger partial charge on any atom is 0.312 e. The van der Waals surface area contributed by atoms with E-state index in [4.69, 9.17) is 0 Å². The Hall–Kier alpha value is -2.62. The number of hydrogen-bond acceptors (Lipinski definition) is 2. The van der Waals surface area contributed by atoms with Gasteiger partial charge in [0.2, 0.25) is 5.91 Å². The standard InChI is InChI=1S/C19H21NO3/c1-13-7-6-8-14(2)16(13)11-18(21)20-12-17(19(22)23)15-9-4-3-5-10-15/h3-10,17H,11-12H2,1-2H3,(H,20,21)(H,22,23). The third kappa shape index (κ3) is 4.42. The zero-order valence-electron chi connectivity index (χ0n) is 13.4. The number of nitrogens with one attached hydrogen (secondary N) is 1. The average molecular weight is 311 g/mol. The van der Waals surface area contributed by atoms with Gasteiger partial charge in [-0.3, -0.25) is 9.59 Å². The predicted octanol–water partition coefficient (Wildman–Crippen LogP) is 2.83. The van der Waals surface area contributed by atoms with Crippen molar-refractivity contribution in [3.8, 4) is 0 Å². The van der Waals surface area contributed by atoms with Crippen LogP contribution in [0.3, 0.4) is 0 Å². The molecule has 120 valence electrons. The minimum atomic E-state index is -0.941. The van der Waals surface area contributed by atoms with Gasteiger partial charge in [-0.2, -0.15) is 0 Å². The highest BCUT2D eigenvalue weighted by atomic mass is 16.4. The van der Waals surface area contributed by atoms with Gasteiger partial charge in [-0.05, 0) is 36.1 Å². The Labute approximate surface area is 136 Å². The Bertz CT molecular complexity index is 675. The van der Waals surface area contributed by atoms with Crippen LogP contribution in [0, 0.1) is 13.8 Å². The van der Waals surface area contributed by atoms with E-state index in [9.17, 15) is 14.7 Å². The second-order valence-corrected chi connectivity index (χ2v) is 5.65. The molecule has 4 nitrogen and oxygen atoms in total. The molecule has 0 saturated carbocycles. The molecule has 0 saturated heterocycles. The van der Waals surface area contributed by atoms with E-state index >= 15 is 0 Å². The van der Waals surface area contributed by atoms with Crippen molar-refractivity contribution in [3.05, 3.63) is 70.8 Å². The van der Waals surface area contributed by atoms with Crippen LogP contribution in [0.5, 0.6) is 0 Å². The molecule has 0 radical (unpaired) electrons. The molecule has 0 aliphatic carbocycles. The molecule has 2 N–H and O–H groups in total. The molecule has 0 spiro atoms. The molecule has 0 bridgehead atoms. The summed E-state index contributed by atoms with van der Waals surface area (Å²) in [7, 11) is 0. The summed E-state index contributed by atoms with van der Waals surface area (Å²) in [6.45, 7) is 4.03. The van der Waals surface area contributed by atoms with E-state index in [1.54, 1.807) is 24.3 Å². The van der Waals surface area contributed by atoms with Crippen LogP contribution in [0.15, 0.2) is 48.5 Å². The van der Waals surface area contributed by atoms with E-state index in [1.807, 2.05) is 38.1 Å². The van der Waals surface area contributed by atoms with Crippen molar-refractivity contribution in [1.29, 1.82) is 0 Å². The molecule has 0 aliphatic rings. The molecule has 2 rings (SSSR count). The molecule has 0 heterocycles. The first-order valence-corrected chi connectivity index (χ1v) is 7.58.